The molecule has 0 bridgehead atoms. The molecule has 0 saturated heterocycles. The van der Waals surface area contributed by atoms with E-state index >= 15 is 0 Å². The molecule has 0 atom stereocenters. The molecule has 1 aliphatic carbocycles. The maximum atomic E-state index is 2.51. The largest absolute Gasteiger partial charge is 0.310 e. The van der Waals surface area contributed by atoms with E-state index in [1.807, 2.05) is 23.1 Å². The summed E-state index contributed by atoms with van der Waals surface area (Å²) in [5.74, 6) is 0. The lowest BCUT2D eigenvalue weighted by Crippen LogP contribution is -2.36. The lowest BCUT2D eigenvalue weighted by molar-refractivity contribution is 0.707. The van der Waals surface area contributed by atoms with Crippen LogP contribution in [0.4, 0.5) is 17.1 Å². The van der Waals surface area contributed by atoms with Gasteiger partial charge in [0.2, 0.25) is 0 Å². The molecule has 14 rings (SSSR count). The van der Waals surface area contributed by atoms with Gasteiger partial charge in [0.1, 0.15) is 0 Å². The summed E-state index contributed by atoms with van der Waals surface area (Å²) >= 11 is 3.76. The molecule has 0 unspecified atom stereocenters. The standard InChI is InChI=1S/C59H36N2S2/c1-2-16-38(17-3-1)60(39-29-32-53-46(34-39)43-18-4-8-24-52(43)61(53)40-30-33-55-47(35-40)44-19-5-9-25-54(44)62-55)41-28-31-42-45-20-12-14-37-15-13-23-50(58(37)45)59(51(42)36-41)48-21-6-10-26-56(48)63-57-27-11-7-22-49(57)59/h1-36H. The molecule has 0 amide bonds. The number of thiophene rings is 1. The second-order valence-corrected chi connectivity index (χ2v) is 19.0. The molecule has 10 aromatic carbocycles. The normalized spacial score (nSPS) is 13.5. The third kappa shape index (κ3) is 4.91. The number of hydrogen-bond acceptors (Lipinski definition) is 3. The van der Waals surface area contributed by atoms with E-state index in [1.54, 1.807) is 0 Å². The van der Waals surface area contributed by atoms with Gasteiger partial charge < -0.3 is 9.47 Å². The number of para-hydroxylation sites is 2. The van der Waals surface area contributed by atoms with E-state index in [0.29, 0.717) is 0 Å². The molecular formula is C59H36N2S2. The molecular weight excluding hydrogens is 801 g/mol. The molecule has 0 fully saturated rings. The zero-order valence-electron chi connectivity index (χ0n) is 34.0. The minimum Gasteiger partial charge on any atom is -0.310 e. The van der Waals surface area contributed by atoms with Crippen molar-refractivity contribution in [3.05, 3.63) is 241 Å². The molecule has 3 heterocycles. The Balaban J connectivity index is 1.02. The van der Waals surface area contributed by atoms with E-state index in [2.05, 4.69) is 228 Å². The number of rotatable bonds is 4. The number of fused-ring (bicyclic) bond motifs is 14. The van der Waals surface area contributed by atoms with E-state index in [4.69, 9.17) is 0 Å². The van der Waals surface area contributed by atoms with Crippen LogP contribution in [-0.4, -0.2) is 4.57 Å². The molecule has 1 aliphatic heterocycles. The third-order valence-corrected chi connectivity index (χ3v) is 15.9. The summed E-state index contributed by atoms with van der Waals surface area (Å²) in [5.41, 5.74) is 14.3. The minimum atomic E-state index is -0.535. The summed E-state index contributed by atoms with van der Waals surface area (Å²) < 4.78 is 5.08. The first kappa shape index (κ1) is 35.2. The van der Waals surface area contributed by atoms with Gasteiger partial charge in [0, 0.05) is 63.5 Å². The van der Waals surface area contributed by atoms with Crippen LogP contribution in [0.25, 0.3) is 69.6 Å². The van der Waals surface area contributed by atoms with Gasteiger partial charge in [0.25, 0.3) is 0 Å². The fraction of sp³-hybridized carbons (Fsp3) is 0.0169. The molecule has 1 spiro atoms. The Morgan fingerprint density at radius 2 is 1.03 bits per heavy atom. The maximum absolute atomic E-state index is 2.51. The SMILES string of the molecule is c1ccc(N(c2ccc3c(c2)C2(c4ccccc4Sc4ccccc42)c2cccc4cccc-3c24)c2ccc3c(c2)c2ccccc2n3-c2ccc3sc4ccccc4c3c2)cc1. The molecule has 12 aromatic rings. The highest BCUT2D eigenvalue weighted by Gasteiger charge is 2.48. The highest BCUT2D eigenvalue weighted by molar-refractivity contribution is 7.99. The van der Waals surface area contributed by atoms with Crippen LogP contribution in [0.2, 0.25) is 0 Å². The fourth-order valence-corrected chi connectivity index (χ4v) is 13.3. The van der Waals surface area contributed by atoms with Gasteiger partial charge in [-0.05, 0) is 129 Å². The Hall–Kier alpha value is -7.37. The summed E-state index contributed by atoms with van der Waals surface area (Å²) in [6.45, 7) is 0. The Bertz CT molecular complexity index is 3810. The van der Waals surface area contributed by atoms with E-state index < -0.39 is 5.41 Å². The Labute approximate surface area is 372 Å². The topological polar surface area (TPSA) is 8.17 Å². The van der Waals surface area contributed by atoms with Crippen LogP contribution < -0.4 is 4.90 Å². The van der Waals surface area contributed by atoms with Gasteiger partial charge in [-0.1, -0.05) is 145 Å². The van der Waals surface area contributed by atoms with Crippen molar-refractivity contribution in [3.8, 4) is 16.8 Å². The summed E-state index contributed by atoms with van der Waals surface area (Å²) in [6, 6.07) is 81.7. The Morgan fingerprint density at radius 3 is 1.87 bits per heavy atom. The van der Waals surface area contributed by atoms with Crippen molar-refractivity contribution in [1.82, 2.24) is 4.57 Å². The summed E-state index contributed by atoms with van der Waals surface area (Å²) in [6.07, 6.45) is 0. The van der Waals surface area contributed by atoms with Gasteiger partial charge in [0.05, 0.1) is 16.4 Å². The maximum Gasteiger partial charge on any atom is 0.0736 e. The predicted octanol–water partition coefficient (Wildman–Crippen LogP) is 16.6. The van der Waals surface area contributed by atoms with Crippen LogP contribution in [0, 0.1) is 0 Å². The molecule has 0 radical (unpaired) electrons. The minimum absolute atomic E-state index is 0.535. The fourth-order valence-electron chi connectivity index (χ4n) is 11.1. The third-order valence-electron chi connectivity index (χ3n) is 13.6. The van der Waals surface area contributed by atoms with Crippen molar-refractivity contribution in [2.24, 2.45) is 0 Å². The average molecular weight is 837 g/mol. The summed E-state index contributed by atoms with van der Waals surface area (Å²) in [5, 5.41) is 7.68. The first-order chi connectivity index (χ1) is 31.2. The number of aromatic nitrogens is 1. The number of anilines is 3. The van der Waals surface area contributed by atoms with Crippen molar-refractivity contribution >= 4 is 92.9 Å². The van der Waals surface area contributed by atoms with E-state index in [1.165, 1.54) is 102 Å². The van der Waals surface area contributed by atoms with Crippen LogP contribution in [0.15, 0.2) is 228 Å². The van der Waals surface area contributed by atoms with E-state index in [-0.39, 0.29) is 0 Å². The van der Waals surface area contributed by atoms with E-state index in [9.17, 15) is 0 Å². The van der Waals surface area contributed by atoms with Gasteiger partial charge in [-0.3, -0.25) is 0 Å². The Kier molecular flexibility index (Phi) is 7.45. The summed E-state index contributed by atoms with van der Waals surface area (Å²) in [4.78, 5) is 5.06. The first-order valence-electron chi connectivity index (χ1n) is 21.6. The molecule has 4 heteroatoms. The molecule has 2 aromatic heterocycles. The molecule has 2 nitrogen and oxygen atoms in total. The average Bonchev–Trinajstić information content (AvgIpc) is 3.88. The highest BCUT2D eigenvalue weighted by atomic mass is 32.2. The molecule has 294 valence electrons. The smallest absolute Gasteiger partial charge is 0.0736 e. The van der Waals surface area contributed by atoms with Gasteiger partial charge in [-0.2, -0.15) is 0 Å². The van der Waals surface area contributed by atoms with Crippen LogP contribution >= 0.6 is 23.1 Å². The summed E-state index contributed by atoms with van der Waals surface area (Å²) in [7, 11) is 0. The zero-order chi connectivity index (χ0) is 41.2. The van der Waals surface area contributed by atoms with Crippen LogP contribution in [0.5, 0.6) is 0 Å². The van der Waals surface area contributed by atoms with Crippen molar-refractivity contribution in [2.75, 3.05) is 4.90 Å². The van der Waals surface area contributed by atoms with Crippen LogP contribution in [0.3, 0.4) is 0 Å². The molecule has 0 saturated carbocycles. The van der Waals surface area contributed by atoms with Gasteiger partial charge in [-0.25, -0.2) is 0 Å². The second kappa shape index (κ2) is 13.3. The Morgan fingerprint density at radius 1 is 0.381 bits per heavy atom. The lowest BCUT2D eigenvalue weighted by Gasteiger charge is -2.46. The molecule has 2 aliphatic rings. The van der Waals surface area contributed by atoms with Gasteiger partial charge in [0.15, 0.2) is 0 Å². The second-order valence-electron chi connectivity index (χ2n) is 16.8. The van der Waals surface area contributed by atoms with Crippen LogP contribution in [-0.2, 0) is 5.41 Å². The zero-order valence-corrected chi connectivity index (χ0v) is 35.6. The quantitative estimate of drug-likeness (QED) is 0.174. The van der Waals surface area contributed by atoms with Crippen molar-refractivity contribution in [3.63, 3.8) is 0 Å². The number of benzene rings is 10. The predicted molar refractivity (Wildman–Crippen MR) is 267 cm³/mol. The first-order valence-corrected chi connectivity index (χ1v) is 23.2. The van der Waals surface area contributed by atoms with Crippen molar-refractivity contribution in [2.45, 2.75) is 15.2 Å². The molecule has 0 N–H and O–H groups in total. The highest BCUT2D eigenvalue weighted by Crippen LogP contribution is 2.62. The lowest BCUT2D eigenvalue weighted by atomic mass is 9.59. The monoisotopic (exact) mass is 836 g/mol. The number of hydrogen-bond donors (Lipinski definition) is 0. The molecule has 63 heavy (non-hydrogen) atoms. The number of nitrogens with zero attached hydrogens (tertiary/aromatic N) is 2. The van der Waals surface area contributed by atoms with Crippen molar-refractivity contribution in [1.29, 1.82) is 0 Å². The van der Waals surface area contributed by atoms with Crippen LogP contribution in [0.1, 0.15) is 22.3 Å². The van der Waals surface area contributed by atoms with E-state index in [0.717, 1.165) is 17.1 Å². The van der Waals surface area contributed by atoms with Crippen molar-refractivity contribution < 1.29 is 0 Å². The van der Waals surface area contributed by atoms with Gasteiger partial charge >= 0.3 is 0 Å². The van der Waals surface area contributed by atoms with Gasteiger partial charge in [-0.15, -0.1) is 11.3 Å².